The molecule has 0 spiro atoms. The van der Waals surface area contributed by atoms with Crippen LogP contribution in [0.3, 0.4) is 0 Å². The number of aliphatic hydroxyl groups is 1. The van der Waals surface area contributed by atoms with Crippen LogP contribution in [0.5, 0.6) is 0 Å². The topological polar surface area (TPSA) is 64.1 Å². The number of nitrogens with two attached hydrogens (primary N) is 1. The van der Waals surface area contributed by atoms with Gasteiger partial charge in [0, 0.05) is 19.3 Å². The summed E-state index contributed by atoms with van der Waals surface area (Å²) in [5.74, 6) is 0. The van der Waals surface area contributed by atoms with Crippen molar-refractivity contribution < 1.29 is 18.3 Å². The molecule has 3 N–H and O–H groups in total. The zero-order valence-electron chi connectivity index (χ0n) is 9.54. The average Bonchev–Trinajstić information content (AvgIpc) is 2.66. The molecule has 0 amide bonds. The van der Waals surface area contributed by atoms with Crippen LogP contribution in [0, 0.1) is 0 Å². The second-order valence-electron chi connectivity index (χ2n) is 4.27. The first-order valence-corrected chi connectivity index (χ1v) is 5.28. The summed E-state index contributed by atoms with van der Waals surface area (Å²) in [5.41, 5.74) is 3.45. The maximum atomic E-state index is 12.2. The second-order valence-corrected chi connectivity index (χ2v) is 4.27. The number of aromatic nitrogens is 2. The summed E-state index contributed by atoms with van der Waals surface area (Å²) in [4.78, 5) is 0. The fourth-order valence-electron chi connectivity index (χ4n) is 1.36. The van der Waals surface area contributed by atoms with Gasteiger partial charge >= 0.3 is 6.18 Å². The standard InChI is InChI=1S/C10H16F3N3O/c1-9(17,7-14)4-2-5-16-6-3-8(15-16)10(11,12)13/h3,6,17H,2,4-5,7,14H2,1H3. The first kappa shape index (κ1) is 14.0. The monoisotopic (exact) mass is 251 g/mol. The molecule has 0 fully saturated rings. The molecular formula is C10H16F3N3O. The molecule has 0 aromatic carbocycles. The molecule has 0 aliphatic carbocycles. The van der Waals surface area contributed by atoms with E-state index in [4.69, 9.17) is 5.73 Å². The molecule has 17 heavy (non-hydrogen) atoms. The lowest BCUT2D eigenvalue weighted by molar-refractivity contribution is -0.141. The summed E-state index contributed by atoms with van der Waals surface area (Å²) >= 11 is 0. The molecule has 0 aliphatic rings. The lowest BCUT2D eigenvalue weighted by Crippen LogP contribution is -2.34. The molecule has 1 aromatic heterocycles. The maximum absolute atomic E-state index is 12.2. The number of rotatable bonds is 5. The summed E-state index contributed by atoms with van der Waals surface area (Å²) in [6.07, 6.45) is -2.19. The quantitative estimate of drug-likeness (QED) is 0.831. The molecule has 98 valence electrons. The van der Waals surface area contributed by atoms with Gasteiger partial charge in [-0.1, -0.05) is 0 Å². The van der Waals surface area contributed by atoms with Crippen LogP contribution < -0.4 is 5.73 Å². The van der Waals surface area contributed by atoms with Crippen LogP contribution in [0.4, 0.5) is 13.2 Å². The van der Waals surface area contributed by atoms with Gasteiger partial charge in [0.05, 0.1) is 5.60 Å². The van der Waals surface area contributed by atoms with E-state index >= 15 is 0 Å². The average molecular weight is 251 g/mol. The number of alkyl halides is 3. The van der Waals surface area contributed by atoms with Gasteiger partial charge in [-0.2, -0.15) is 18.3 Å². The zero-order chi connectivity index (χ0) is 13.1. The highest BCUT2D eigenvalue weighted by atomic mass is 19.4. The molecule has 7 heteroatoms. The first-order chi connectivity index (χ1) is 7.74. The molecule has 0 saturated heterocycles. The molecule has 4 nitrogen and oxygen atoms in total. The highest BCUT2D eigenvalue weighted by molar-refractivity contribution is 5.03. The largest absolute Gasteiger partial charge is 0.435 e. The Hall–Kier alpha value is -1.08. The third-order valence-electron chi connectivity index (χ3n) is 2.47. The molecular weight excluding hydrogens is 235 g/mol. The van der Waals surface area contributed by atoms with Crippen LogP contribution in [-0.2, 0) is 12.7 Å². The van der Waals surface area contributed by atoms with Gasteiger partial charge in [-0.3, -0.25) is 4.68 Å². The van der Waals surface area contributed by atoms with Crippen LogP contribution in [0.25, 0.3) is 0 Å². The van der Waals surface area contributed by atoms with Crippen molar-refractivity contribution in [3.63, 3.8) is 0 Å². The van der Waals surface area contributed by atoms with E-state index in [2.05, 4.69) is 5.10 Å². The van der Waals surface area contributed by atoms with E-state index in [1.165, 1.54) is 10.9 Å². The van der Waals surface area contributed by atoms with E-state index in [0.29, 0.717) is 19.4 Å². The van der Waals surface area contributed by atoms with Gasteiger partial charge in [-0.25, -0.2) is 0 Å². The van der Waals surface area contributed by atoms with E-state index in [-0.39, 0.29) is 6.54 Å². The Kier molecular flexibility index (Phi) is 4.16. The molecule has 1 aromatic rings. The first-order valence-electron chi connectivity index (χ1n) is 5.28. The van der Waals surface area contributed by atoms with E-state index in [0.717, 1.165) is 6.07 Å². The van der Waals surface area contributed by atoms with E-state index < -0.39 is 17.5 Å². The SMILES string of the molecule is CC(O)(CN)CCCn1ccc(C(F)(F)F)n1. The Balaban J connectivity index is 2.46. The predicted molar refractivity (Wildman–Crippen MR) is 56.1 cm³/mol. The third-order valence-corrected chi connectivity index (χ3v) is 2.47. The Morgan fingerprint density at radius 2 is 2.12 bits per heavy atom. The predicted octanol–water partition coefficient (Wildman–Crippen LogP) is 1.39. The molecule has 0 radical (unpaired) electrons. The van der Waals surface area contributed by atoms with E-state index in [1.54, 1.807) is 6.92 Å². The minimum absolute atomic E-state index is 0.125. The van der Waals surface area contributed by atoms with Crippen molar-refractivity contribution in [2.45, 2.75) is 38.1 Å². The van der Waals surface area contributed by atoms with E-state index in [9.17, 15) is 18.3 Å². The lowest BCUT2D eigenvalue weighted by Gasteiger charge is -2.20. The molecule has 0 bridgehead atoms. The van der Waals surface area contributed by atoms with Crippen LogP contribution in [0.15, 0.2) is 12.3 Å². The van der Waals surface area contributed by atoms with Crippen LogP contribution >= 0.6 is 0 Å². The fraction of sp³-hybridized carbons (Fsp3) is 0.700. The molecule has 1 heterocycles. The van der Waals surface area contributed by atoms with Crippen LogP contribution in [0.1, 0.15) is 25.5 Å². The van der Waals surface area contributed by atoms with Crippen molar-refractivity contribution in [3.8, 4) is 0 Å². The van der Waals surface area contributed by atoms with Crippen molar-refractivity contribution in [2.75, 3.05) is 6.54 Å². The highest BCUT2D eigenvalue weighted by Gasteiger charge is 2.33. The minimum atomic E-state index is -4.41. The number of nitrogens with zero attached hydrogens (tertiary/aromatic N) is 2. The maximum Gasteiger partial charge on any atom is 0.435 e. The minimum Gasteiger partial charge on any atom is -0.389 e. The van der Waals surface area contributed by atoms with Crippen molar-refractivity contribution in [3.05, 3.63) is 18.0 Å². The Morgan fingerprint density at radius 3 is 2.59 bits per heavy atom. The van der Waals surface area contributed by atoms with Gasteiger partial charge < -0.3 is 10.8 Å². The van der Waals surface area contributed by atoms with Gasteiger partial charge in [-0.05, 0) is 25.8 Å². The van der Waals surface area contributed by atoms with Crippen LogP contribution in [-0.4, -0.2) is 27.0 Å². The Bertz CT molecular complexity index is 360. The number of hydrogen-bond donors (Lipinski definition) is 2. The molecule has 0 saturated carbocycles. The van der Waals surface area contributed by atoms with Gasteiger partial charge in [0.25, 0.3) is 0 Å². The Labute approximate surface area is 97.2 Å². The van der Waals surface area contributed by atoms with Gasteiger partial charge in [-0.15, -0.1) is 0 Å². The smallest absolute Gasteiger partial charge is 0.389 e. The highest BCUT2D eigenvalue weighted by Crippen LogP contribution is 2.27. The van der Waals surface area contributed by atoms with Crippen molar-refractivity contribution in [1.82, 2.24) is 9.78 Å². The van der Waals surface area contributed by atoms with Gasteiger partial charge in [0.2, 0.25) is 0 Å². The fourth-order valence-corrected chi connectivity index (χ4v) is 1.36. The number of aryl methyl sites for hydroxylation is 1. The zero-order valence-corrected chi connectivity index (χ0v) is 9.54. The summed E-state index contributed by atoms with van der Waals surface area (Å²) in [5, 5.41) is 13.0. The molecule has 0 aliphatic heterocycles. The summed E-state index contributed by atoms with van der Waals surface area (Å²) < 4.78 is 37.9. The van der Waals surface area contributed by atoms with Crippen LogP contribution in [0.2, 0.25) is 0 Å². The van der Waals surface area contributed by atoms with Crippen molar-refractivity contribution >= 4 is 0 Å². The normalized spacial score (nSPS) is 15.9. The third kappa shape index (κ3) is 4.35. The van der Waals surface area contributed by atoms with Gasteiger partial charge in [0.1, 0.15) is 0 Å². The number of hydrogen-bond acceptors (Lipinski definition) is 3. The molecule has 1 unspecified atom stereocenters. The molecule has 1 atom stereocenters. The molecule has 1 rings (SSSR count). The van der Waals surface area contributed by atoms with Gasteiger partial charge in [0.15, 0.2) is 5.69 Å². The second kappa shape index (κ2) is 5.05. The summed E-state index contributed by atoms with van der Waals surface area (Å²) in [6.45, 7) is 2.05. The van der Waals surface area contributed by atoms with Crippen molar-refractivity contribution in [1.29, 1.82) is 0 Å². The Morgan fingerprint density at radius 1 is 1.47 bits per heavy atom. The van der Waals surface area contributed by atoms with Crippen molar-refractivity contribution in [2.24, 2.45) is 5.73 Å². The van der Waals surface area contributed by atoms with E-state index in [1.807, 2.05) is 0 Å². The summed E-state index contributed by atoms with van der Waals surface area (Å²) in [7, 11) is 0. The summed E-state index contributed by atoms with van der Waals surface area (Å²) in [6, 6.07) is 0.932. The lowest BCUT2D eigenvalue weighted by atomic mass is 10.0. The number of halogens is 3.